The largest absolute Gasteiger partial charge is 0.314 e. The highest BCUT2D eigenvalue weighted by Gasteiger charge is 2.24. The topological polar surface area (TPSA) is 15.3 Å². The van der Waals surface area contributed by atoms with Crippen LogP contribution in [0.4, 0.5) is 0 Å². The summed E-state index contributed by atoms with van der Waals surface area (Å²) < 4.78 is 0. The lowest BCUT2D eigenvalue weighted by atomic mass is 9.90. The van der Waals surface area contributed by atoms with Gasteiger partial charge >= 0.3 is 0 Å². The third kappa shape index (κ3) is 4.05. The Labute approximate surface area is 118 Å². The van der Waals surface area contributed by atoms with Crippen molar-refractivity contribution in [1.29, 1.82) is 0 Å². The van der Waals surface area contributed by atoms with Gasteiger partial charge in [-0.15, -0.1) is 0 Å². The van der Waals surface area contributed by atoms with E-state index in [0.717, 1.165) is 25.2 Å². The van der Waals surface area contributed by atoms with Crippen LogP contribution in [0, 0.1) is 6.92 Å². The summed E-state index contributed by atoms with van der Waals surface area (Å²) in [5, 5.41) is 3.62. The van der Waals surface area contributed by atoms with Gasteiger partial charge in [0.25, 0.3) is 0 Å². The Kier molecular flexibility index (Phi) is 5.41. The van der Waals surface area contributed by atoms with Crippen LogP contribution < -0.4 is 5.32 Å². The van der Waals surface area contributed by atoms with Gasteiger partial charge in [-0.2, -0.15) is 0 Å². The Morgan fingerprint density at radius 3 is 2.79 bits per heavy atom. The summed E-state index contributed by atoms with van der Waals surface area (Å²) in [5.74, 6) is 0. The van der Waals surface area contributed by atoms with E-state index in [4.69, 9.17) is 0 Å². The van der Waals surface area contributed by atoms with E-state index < -0.39 is 0 Å². The molecule has 2 heteroatoms. The zero-order chi connectivity index (χ0) is 13.7. The third-order valence-corrected chi connectivity index (χ3v) is 4.44. The summed E-state index contributed by atoms with van der Waals surface area (Å²) >= 11 is 0. The quantitative estimate of drug-likeness (QED) is 0.873. The molecule has 19 heavy (non-hydrogen) atoms. The fraction of sp³-hybridized carbons (Fsp3) is 0.647. The molecule has 0 heterocycles. The van der Waals surface area contributed by atoms with Crippen molar-refractivity contribution < 1.29 is 0 Å². The van der Waals surface area contributed by atoms with Crippen LogP contribution in [-0.2, 0) is 6.54 Å². The van der Waals surface area contributed by atoms with Gasteiger partial charge in [0.1, 0.15) is 0 Å². The predicted molar refractivity (Wildman–Crippen MR) is 82.4 cm³/mol. The molecule has 2 rings (SSSR count). The summed E-state index contributed by atoms with van der Waals surface area (Å²) in [6, 6.07) is 10.2. The Morgan fingerprint density at radius 1 is 1.26 bits per heavy atom. The Balaban J connectivity index is 1.92. The van der Waals surface area contributed by atoms with Gasteiger partial charge in [-0.25, -0.2) is 0 Å². The number of nitrogens with zero attached hydrogens (tertiary/aromatic N) is 1. The van der Waals surface area contributed by atoms with E-state index in [0.29, 0.717) is 0 Å². The summed E-state index contributed by atoms with van der Waals surface area (Å²) in [4.78, 5) is 2.55. The highest BCUT2D eigenvalue weighted by Crippen LogP contribution is 2.24. The van der Waals surface area contributed by atoms with Crippen LogP contribution in [0.3, 0.4) is 0 Å². The van der Waals surface area contributed by atoms with Crippen LogP contribution in [0.5, 0.6) is 0 Å². The minimum atomic E-state index is 0.725. The number of rotatable bonds is 5. The van der Waals surface area contributed by atoms with Crippen molar-refractivity contribution in [3.8, 4) is 0 Å². The molecule has 0 radical (unpaired) electrons. The fourth-order valence-corrected chi connectivity index (χ4v) is 3.22. The summed E-state index contributed by atoms with van der Waals surface area (Å²) in [7, 11) is 2.28. The van der Waals surface area contributed by atoms with Crippen molar-refractivity contribution in [2.45, 2.75) is 58.2 Å². The van der Waals surface area contributed by atoms with E-state index >= 15 is 0 Å². The molecule has 106 valence electrons. The molecule has 0 aliphatic heterocycles. The second-order valence-electron chi connectivity index (χ2n) is 5.92. The van der Waals surface area contributed by atoms with E-state index in [-0.39, 0.29) is 0 Å². The number of hydrogen-bond acceptors (Lipinski definition) is 2. The Morgan fingerprint density at radius 2 is 2.05 bits per heavy atom. The molecule has 0 spiro atoms. The highest BCUT2D eigenvalue weighted by atomic mass is 15.1. The van der Waals surface area contributed by atoms with Crippen molar-refractivity contribution >= 4 is 0 Å². The van der Waals surface area contributed by atoms with Gasteiger partial charge in [0.15, 0.2) is 0 Å². The van der Waals surface area contributed by atoms with Crippen molar-refractivity contribution in [2.75, 3.05) is 13.6 Å². The average molecular weight is 260 g/mol. The first-order chi connectivity index (χ1) is 9.20. The maximum atomic E-state index is 3.62. The standard InChI is InChI=1S/C17H28N2/c1-4-18-16-10-7-11-17(12-16)19(3)13-15-9-6-5-8-14(15)2/h5-6,8-9,16-18H,4,7,10-13H2,1-3H3. The zero-order valence-corrected chi connectivity index (χ0v) is 12.7. The number of hydrogen-bond donors (Lipinski definition) is 1. The smallest absolute Gasteiger partial charge is 0.0236 e. The molecule has 1 aromatic carbocycles. The van der Waals surface area contributed by atoms with Crippen molar-refractivity contribution in [3.05, 3.63) is 35.4 Å². The molecule has 1 aromatic rings. The SMILES string of the molecule is CCNC1CCCC(N(C)Cc2ccccc2C)C1. The van der Waals surface area contributed by atoms with E-state index in [9.17, 15) is 0 Å². The van der Waals surface area contributed by atoms with Crippen LogP contribution in [0.1, 0.15) is 43.7 Å². The molecule has 1 saturated carbocycles. The van der Waals surface area contributed by atoms with Gasteiger partial charge in [-0.1, -0.05) is 37.6 Å². The number of nitrogens with one attached hydrogen (secondary N) is 1. The molecule has 2 unspecified atom stereocenters. The lowest BCUT2D eigenvalue weighted by molar-refractivity contribution is 0.163. The van der Waals surface area contributed by atoms with E-state index in [2.05, 4.69) is 55.4 Å². The van der Waals surface area contributed by atoms with Crippen LogP contribution in [-0.4, -0.2) is 30.6 Å². The van der Waals surface area contributed by atoms with E-state index in [1.165, 1.54) is 36.8 Å². The van der Waals surface area contributed by atoms with Gasteiger partial charge in [-0.05, 0) is 50.9 Å². The van der Waals surface area contributed by atoms with Gasteiger partial charge < -0.3 is 5.32 Å². The van der Waals surface area contributed by atoms with Gasteiger partial charge in [0.2, 0.25) is 0 Å². The van der Waals surface area contributed by atoms with Crippen molar-refractivity contribution in [1.82, 2.24) is 10.2 Å². The molecule has 0 aromatic heterocycles. The maximum Gasteiger partial charge on any atom is 0.0236 e. The second-order valence-corrected chi connectivity index (χ2v) is 5.92. The molecule has 2 nitrogen and oxygen atoms in total. The molecular weight excluding hydrogens is 232 g/mol. The molecular formula is C17H28N2. The maximum absolute atomic E-state index is 3.62. The molecule has 1 fully saturated rings. The molecule has 2 atom stereocenters. The summed E-state index contributed by atoms with van der Waals surface area (Å²) in [6.07, 6.45) is 5.36. The Bertz CT molecular complexity index is 387. The zero-order valence-electron chi connectivity index (χ0n) is 12.7. The molecule has 0 amide bonds. The number of aryl methyl sites for hydroxylation is 1. The van der Waals surface area contributed by atoms with Gasteiger partial charge in [-0.3, -0.25) is 4.90 Å². The van der Waals surface area contributed by atoms with Gasteiger partial charge in [0, 0.05) is 18.6 Å². The summed E-state index contributed by atoms with van der Waals surface area (Å²) in [5.41, 5.74) is 2.88. The van der Waals surface area contributed by atoms with Crippen molar-refractivity contribution in [3.63, 3.8) is 0 Å². The minimum Gasteiger partial charge on any atom is -0.314 e. The number of benzene rings is 1. The van der Waals surface area contributed by atoms with Crippen LogP contribution in [0.25, 0.3) is 0 Å². The third-order valence-electron chi connectivity index (χ3n) is 4.44. The van der Waals surface area contributed by atoms with Gasteiger partial charge in [0.05, 0.1) is 0 Å². The van der Waals surface area contributed by atoms with Crippen LogP contribution in [0.15, 0.2) is 24.3 Å². The van der Waals surface area contributed by atoms with Crippen LogP contribution >= 0.6 is 0 Å². The monoisotopic (exact) mass is 260 g/mol. The lowest BCUT2D eigenvalue weighted by Crippen LogP contribution is -2.42. The first-order valence-corrected chi connectivity index (χ1v) is 7.68. The molecule has 0 bridgehead atoms. The van der Waals surface area contributed by atoms with Crippen LogP contribution in [0.2, 0.25) is 0 Å². The second kappa shape index (κ2) is 7.06. The van der Waals surface area contributed by atoms with E-state index in [1.807, 2.05) is 0 Å². The predicted octanol–water partition coefficient (Wildman–Crippen LogP) is 3.35. The Hall–Kier alpha value is -0.860. The molecule has 0 saturated heterocycles. The summed E-state index contributed by atoms with van der Waals surface area (Å²) in [6.45, 7) is 6.60. The minimum absolute atomic E-state index is 0.725. The fourth-order valence-electron chi connectivity index (χ4n) is 3.22. The molecule has 1 aliphatic rings. The molecule has 1 aliphatic carbocycles. The van der Waals surface area contributed by atoms with Crippen molar-refractivity contribution in [2.24, 2.45) is 0 Å². The highest BCUT2D eigenvalue weighted by molar-refractivity contribution is 5.25. The van der Waals surface area contributed by atoms with E-state index in [1.54, 1.807) is 0 Å². The lowest BCUT2D eigenvalue weighted by Gasteiger charge is -2.36. The first-order valence-electron chi connectivity index (χ1n) is 7.68. The normalized spacial score (nSPS) is 23.8. The first kappa shape index (κ1) is 14.5. The molecule has 1 N–H and O–H groups in total. The average Bonchev–Trinajstić information content (AvgIpc) is 2.42.